The Hall–Kier alpha value is -0.900. The molecule has 17 heavy (non-hydrogen) atoms. The number of halogens is 1. The van der Waals surface area contributed by atoms with Gasteiger partial charge in [0.05, 0.1) is 13.2 Å². The molecule has 4 heteroatoms. The standard InChI is InChI=1S/C13H16ClNO2/c14-12-5-3-11(4-6-12)13(7-1-2-8-15)16-9-10-17-13/h3-6,8,15H,1-2,7,9-10H2. The van der Waals surface area contributed by atoms with Crippen molar-refractivity contribution >= 4 is 17.8 Å². The summed E-state index contributed by atoms with van der Waals surface area (Å²) < 4.78 is 11.5. The lowest BCUT2D eigenvalue weighted by Gasteiger charge is -2.27. The fourth-order valence-corrected chi connectivity index (χ4v) is 2.18. The highest BCUT2D eigenvalue weighted by Crippen LogP contribution is 2.36. The van der Waals surface area contributed by atoms with Gasteiger partial charge in [0.15, 0.2) is 5.79 Å². The van der Waals surface area contributed by atoms with Gasteiger partial charge in [-0.2, -0.15) is 0 Å². The normalized spacial score (nSPS) is 18.2. The lowest BCUT2D eigenvalue weighted by Crippen LogP contribution is -2.27. The number of ether oxygens (including phenoxy) is 2. The van der Waals surface area contributed by atoms with Crippen LogP contribution in [0.15, 0.2) is 24.3 Å². The molecule has 1 aromatic carbocycles. The van der Waals surface area contributed by atoms with Crippen LogP contribution in [0, 0.1) is 5.41 Å². The molecule has 1 saturated heterocycles. The molecular formula is C13H16ClNO2. The van der Waals surface area contributed by atoms with E-state index in [1.165, 1.54) is 6.21 Å². The van der Waals surface area contributed by atoms with Crippen molar-refractivity contribution < 1.29 is 9.47 Å². The SMILES string of the molecule is N=CCCCC1(c2ccc(Cl)cc2)OCCO1. The topological polar surface area (TPSA) is 42.3 Å². The molecule has 2 rings (SSSR count). The van der Waals surface area contributed by atoms with Crippen molar-refractivity contribution in [3.8, 4) is 0 Å². The van der Waals surface area contributed by atoms with Gasteiger partial charge in [-0.1, -0.05) is 23.7 Å². The Kier molecular flexibility index (Phi) is 4.15. The maximum absolute atomic E-state index is 7.05. The lowest BCUT2D eigenvalue weighted by molar-refractivity contribution is -0.171. The summed E-state index contributed by atoms with van der Waals surface area (Å²) in [6.45, 7) is 1.24. The highest BCUT2D eigenvalue weighted by atomic mass is 35.5. The van der Waals surface area contributed by atoms with Crippen molar-refractivity contribution in [2.45, 2.75) is 25.0 Å². The first-order chi connectivity index (χ1) is 8.27. The Morgan fingerprint density at radius 2 is 1.88 bits per heavy atom. The number of benzene rings is 1. The van der Waals surface area contributed by atoms with Gasteiger partial charge in [-0.25, -0.2) is 0 Å². The van der Waals surface area contributed by atoms with Crippen LogP contribution in [0.2, 0.25) is 5.02 Å². The zero-order valence-electron chi connectivity index (χ0n) is 9.62. The van der Waals surface area contributed by atoms with E-state index in [0.29, 0.717) is 18.2 Å². The van der Waals surface area contributed by atoms with Crippen LogP contribution >= 0.6 is 11.6 Å². The quantitative estimate of drug-likeness (QED) is 0.646. The van der Waals surface area contributed by atoms with Crippen molar-refractivity contribution in [1.29, 1.82) is 5.41 Å². The van der Waals surface area contributed by atoms with E-state index in [1.54, 1.807) is 0 Å². The second kappa shape index (κ2) is 5.63. The summed E-state index contributed by atoms with van der Waals surface area (Å²) in [6, 6.07) is 7.58. The minimum Gasteiger partial charge on any atom is -0.343 e. The third-order valence-corrected chi connectivity index (χ3v) is 3.14. The first kappa shape index (κ1) is 12.6. The molecule has 3 nitrogen and oxygen atoms in total. The van der Waals surface area contributed by atoms with Crippen molar-refractivity contribution in [2.24, 2.45) is 0 Å². The Bertz CT molecular complexity index is 372. The van der Waals surface area contributed by atoms with Gasteiger partial charge in [-0.3, -0.25) is 0 Å². The number of nitrogens with one attached hydrogen (secondary N) is 1. The Balaban J connectivity index is 2.15. The van der Waals surface area contributed by atoms with E-state index in [1.807, 2.05) is 24.3 Å². The first-order valence-electron chi connectivity index (χ1n) is 5.80. The molecule has 0 saturated carbocycles. The summed E-state index contributed by atoms with van der Waals surface area (Å²) in [5, 5.41) is 7.76. The van der Waals surface area contributed by atoms with Crippen molar-refractivity contribution in [1.82, 2.24) is 0 Å². The highest BCUT2D eigenvalue weighted by molar-refractivity contribution is 6.30. The molecule has 0 unspecified atom stereocenters. The van der Waals surface area contributed by atoms with Crippen LogP contribution < -0.4 is 0 Å². The molecule has 1 aliphatic rings. The smallest absolute Gasteiger partial charge is 0.194 e. The third kappa shape index (κ3) is 2.86. The zero-order valence-corrected chi connectivity index (χ0v) is 10.4. The van der Waals surface area contributed by atoms with E-state index in [-0.39, 0.29) is 0 Å². The monoisotopic (exact) mass is 253 g/mol. The molecule has 0 aliphatic carbocycles. The predicted octanol–water partition coefficient (Wildman–Crippen LogP) is 3.36. The minimum atomic E-state index is -0.631. The summed E-state index contributed by atoms with van der Waals surface area (Å²) in [6.07, 6.45) is 3.82. The maximum Gasteiger partial charge on any atom is 0.194 e. The van der Waals surface area contributed by atoms with Crippen LogP contribution in [0.5, 0.6) is 0 Å². The molecule has 0 aromatic heterocycles. The van der Waals surface area contributed by atoms with Crippen LogP contribution in [-0.4, -0.2) is 19.4 Å². The Labute approximate surface area is 106 Å². The van der Waals surface area contributed by atoms with Gasteiger partial charge in [-0.05, 0) is 31.2 Å². The average molecular weight is 254 g/mol. The first-order valence-corrected chi connectivity index (χ1v) is 6.17. The molecule has 0 bridgehead atoms. The molecule has 92 valence electrons. The van der Waals surface area contributed by atoms with E-state index < -0.39 is 5.79 Å². The molecule has 1 aromatic rings. The molecule has 0 radical (unpaired) electrons. The molecule has 1 N–H and O–H groups in total. The van der Waals surface area contributed by atoms with E-state index in [4.69, 9.17) is 26.5 Å². The molecule has 0 spiro atoms. The van der Waals surface area contributed by atoms with E-state index in [2.05, 4.69) is 0 Å². The van der Waals surface area contributed by atoms with Gasteiger partial charge in [-0.15, -0.1) is 0 Å². The van der Waals surface area contributed by atoms with Crippen molar-refractivity contribution in [3.63, 3.8) is 0 Å². The van der Waals surface area contributed by atoms with Gasteiger partial charge >= 0.3 is 0 Å². The van der Waals surface area contributed by atoms with Gasteiger partial charge in [0.2, 0.25) is 0 Å². The molecule has 1 fully saturated rings. The summed E-state index contributed by atoms with van der Waals surface area (Å²) >= 11 is 5.88. The Morgan fingerprint density at radius 3 is 2.47 bits per heavy atom. The van der Waals surface area contributed by atoms with Crippen LogP contribution in [-0.2, 0) is 15.3 Å². The molecule has 0 atom stereocenters. The largest absolute Gasteiger partial charge is 0.343 e. The second-order valence-corrected chi connectivity index (χ2v) is 4.49. The molecular weight excluding hydrogens is 238 g/mol. The van der Waals surface area contributed by atoms with E-state index >= 15 is 0 Å². The molecule has 1 heterocycles. The fourth-order valence-electron chi connectivity index (χ4n) is 2.05. The number of unbranched alkanes of at least 4 members (excludes halogenated alkanes) is 1. The number of hydrogen-bond donors (Lipinski definition) is 1. The second-order valence-electron chi connectivity index (χ2n) is 4.05. The van der Waals surface area contributed by atoms with Gasteiger partial charge in [0, 0.05) is 17.0 Å². The third-order valence-electron chi connectivity index (χ3n) is 2.89. The fraction of sp³-hybridized carbons (Fsp3) is 0.462. The number of rotatable bonds is 5. The van der Waals surface area contributed by atoms with Crippen LogP contribution in [0.25, 0.3) is 0 Å². The van der Waals surface area contributed by atoms with Crippen molar-refractivity contribution in [2.75, 3.05) is 13.2 Å². The summed E-state index contributed by atoms with van der Waals surface area (Å²) in [5.41, 5.74) is 1.00. The number of hydrogen-bond acceptors (Lipinski definition) is 3. The lowest BCUT2D eigenvalue weighted by atomic mass is 10.00. The van der Waals surface area contributed by atoms with Gasteiger partial charge in [0.25, 0.3) is 0 Å². The summed E-state index contributed by atoms with van der Waals surface area (Å²) in [7, 11) is 0. The zero-order chi connectivity index (χ0) is 12.1. The van der Waals surface area contributed by atoms with Gasteiger partial charge < -0.3 is 14.9 Å². The van der Waals surface area contributed by atoms with Crippen molar-refractivity contribution in [3.05, 3.63) is 34.9 Å². The average Bonchev–Trinajstić information content (AvgIpc) is 2.80. The van der Waals surface area contributed by atoms with Crippen LogP contribution in [0.3, 0.4) is 0 Å². The van der Waals surface area contributed by atoms with E-state index in [9.17, 15) is 0 Å². The summed E-state index contributed by atoms with van der Waals surface area (Å²) in [4.78, 5) is 0. The molecule has 0 amide bonds. The molecule has 1 aliphatic heterocycles. The van der Waals surface area contributed by atoms with Gasteiger partial charge in [0.1, 0.15) is 0 Å². The van der Waals surface area contributed by atoms with Crippen LogP contribution in [0.1, 0.15) is 24.8 Å². The summed E-state index contributed by atoms with van der Waals surface area (Å²) in [5.74, 6) is -0.631. The Morgan fingerprint density at radius 1 is 1.24 bits per heavy atom. The predicted molar refractivity (Wildman–Crippen MR) is 67.7 cm³/mol. The maximum atomic E-state index is 7.05. The minimum absolute atomic E-state index is 0.618. The highest BCUT2D eigenvalue weighted by Gasteiger charge is 2.37. The van der Waals surface area contributed by atoms with Crippen LogP contribution in [0.4, 0.5) is 0 Å². The van der Waals surface area contributed by atoms with E-state index in [0.717, 1.165) is 24.8 Å².